The van der Waals surface area contributed by atoms with Gasteiger partial charge in [0.25, 0.3) is 11.8 Å². The second-order valence-corrected chi connectivity index (χ2v) is 9.60. The molecule has 2 amide bonds. The Bertz CT molecular complexity index is 1480. The van der Waals surface area contributed by atoms with Gasteiger partial charge in [0.05, 0.1) is 0 Å². The van der Waals surface area contributed by atoms with Gasteiger partial charge in [-0.3, -0.25) is 20.4 Å². The van der Waals surface area contributed by atoms with E-state index >= 15 is 0 Å². The number of fused-ring (bicyclic) bond motifs is 1. The predicted molar refractivity (Wildman–Crippen MR) is 152 cm³/mol. The van der Waals surface area contributed by atoms with E-state index in [0.717, 1.165) is 23.1 Å². The van der Waals surface area contributed by atoms with Crippen LogP contribution in [-0.2, 0) is 13.1 Å². The van der Waals surface area contributed by atoms with E-state index in [1.807, 2.05) is 47.4 Å². The van der Waals surface area contributed by atoms with Crippen molar-refractivity contribution in [1.82, 2.24) is 9.80 Å². The third-order valence-electron chi connectivity index (χ3n) is 7.00. The second kappa shape index (κ2) is 10.7. The predicted octanol–water partition coefficient (Wildman–Crippen LogP) is 3.38. The number of anilines is 2. The largest absolute Gasteiger partial charge is 0.370 e. The number of amides is 2. The summed E-state index contributed by atoms with van der Waals surface area (Å²) in [6.07, 6.45) is 2.87. The van der Waals surface area contributed by atoms with E-state index < -0.39 is 0 Å². The van der Waals surface area contributed by atoms with E-state index in [-0.39, 0.29) is 23.7 Å². The lowest BCUT2D eigenvalue weighted by molar-refractivity contribution is 0.101. The van der Waals surface area contributed by atoms with Crippen LogP contribution in [0.15, 0.2) is 72.8 Å². The van der Waals surface area contributed by atoms with Crippen LogP contribution in [0, 0.1) is 10.8 Å². The summed E-state index contributed by atoms with van der Waals surface area (Å²) in [7, 11) is 0. The number of nitrogens with zero attached hydrogens (tertiary/aromatic N) is 2. The molecule has 0 saturated heterocycles. The van der Waals surface area contributed by atoms with Crippen LogP contribution in [0.3, 0.4) is 0 Å². The minimum Gasteiger partial charge on any atom is -0.370 e. The molecule has 0 saturated carbocycles. The first-order valence-electron chi connectivity index (χ1n) is 12.6. The summed E-state index contributed by atoms with van der Waals surface area (Å²) in [6.45, 7) is 2.45. The molecule has 8 N–H and O–H groups in total. The van der Waals surface area contributed by atoms with Crippen LogP contribution in [0.5, 0.6) is 0 Å². The van der Waals surface area contributed by atoms with Crippen molar-refractivity contribution in [3.05, 3.63) is 101 Å². The Morgan fingerprint density at radius 2 is 1.28 bits per heavy atom. The topological polar surface area (TPSA) is 164 Å². The van der Waals surface area contributed by atoms with Crippen LogP contribution >= 0.6 is 0 Å². The number of nitrogens with two attached hydrogens (primary N) is 2. The summed E-state index contributed by atoms with van der Waals surface area (Å²) in [4.78, 5) is 29.1. The van der Waals surface area contributed by atoms with E-state index in [1.165, 1.54) is 5.57 Å². The van der Waals surface area contributed by atoms with Gasteiger partial charge in [0.1, 0.15) is 0 Å². The van der Waals surface area contributed by atoms with E-state index in [0.29, 0.717) is 48.7 Å². The molecule has 0 atom stereocenters. The molecule has 10 nitrogen and oxygen atoms in total. The highest BCUT2D eigenvalue weighted by Gasteiger charge is 2.20. The molecule has 0 aliphatic carbocycles. The van der Waals surface area contributed by atoms with Crippen molar-refractivity contribution in [1.29, 1.82) is 10.8 Å². The van der Waals surface area contributed by atoms with E-state index in [4.69, 9.17) is 22.3 Å². The first-order chi connectivity index (χ1) is 18.8. The molecule has 198 valence electrons. The molecule has 5 rings (SSSR count). The van der Waals surface area contributed by atoms with Gasteiger partial charge in [0.2, 0.25) is 0 Å². The first kappa shape index (κ1) is 25.5. The molecule has 0 bridgehead atoms. The van der Waals surface area contributed by atoms with Crippen LogP contribution < -0.4 is 22.1 Å². The Morgan fingerprint density at radius 1 is 0.718 bits per heavy atom. The molecule has 0 unspecified atom stereocenters. The summed E-state index contributed by atoms with van der Waals surface area (Å²) in [6, 6.07) is 19.8. The number of hydrogen-bond acceptors (Lipinski definition) is 4. The molecule has 0 radical (unpaired) electrons. The van der Waals surface area contributed by atoms with E-state index in [1.54, 1.807) is 29.2 Å². The lowest BCUT2D eigenvalue weighted by atomic mass is 9.99. The second-order valence-electron chi connectivity index (χ2n) is 9.60. The highest BCUT2D eigenvalue weighted by molar-refractivity contribution is 6.07. The maximum atomic E-state index is 12.8. The molecular formula is C29H30N8O2. The van der Waals surface area contributed by atoms with Gasteiger partial charge in [-0.2, -0.15) is 0 Å². The van der Waals surface area contributed by atoms with Crippen LogP contribution in [0.1, 0.15) is 43.8 Å². The monoisotopic (exact) mass is 522 g/mol. The van der Waals surface area contributed by atoms with Gasteiger partial charge in [-0.05, 0) is 77.2 Å². The Balaban J connectivity index is 1.17. The smallest absolute Gasteiger partial charge is 0.255 e. The van der Waals surface area contributed by atoms with Crippen LogP contribution in [0.4, 0.5) is 11.4 Å². The molecule has 0 fully saturated rings. The first-order valence-corrected chi connectivity index (χ1v) is 12.6. The molecular weight excluding hydrogens is 492 g/mol. The summed E-state index contributed by atoms with van der Waals surface area (Å²) in [5, 5.41) is 20.9. The van der Waals surface area contributed by atoms with Gasteiger partial charge in [-0.15, -0.1) is 0 Å². The van der Waals surface area contributed by atoms with Gasteiger partial charge < -0.3 is 31.9 Å². The number of hydrogen-bond donors (Lipinski definition) is 6. The average Bonchev–Trinajstić information content (AvgIpc) is 3.38. The molecule has 2 aliphatic rings. The van der Waals surface area contributed by atoms with Gasteiger partial charge in [0.15, 0.2) is 11.9 Å². The zero-order chi connectivity index (χ0) is 27.5. The molecule has 3 aromatic rings. The highest BCUT2D eigenvalue weighted by Crippen LogP contribution is 2.26. The fourth-order valence-electron chi connectivity index (χ4n) is 4.74. The third kappa shape index (κ3) is 5.74. The lowest BCUT2D eigenvalue weighted by Crippen LogP contribution is -2.39. The summed E-state index contributed by atoms with van der Waals surface area (Å²) < 4.78 is 0. The lowest BCUT2D eigenvalue weighted by Gasteiger charge is -2.26. The molecule has 0 spiro atoms. The average molecular weight is 523 g/mol. The third-order valence-corrected chi connectivity index (χ3v) is 7.00. The van der Waals surface area contributed by atoms with Crippen molar-refractivity contribution in [2.45, 2.75) is 19.5 Å². The Hall–Kier alpha value is -5.12. The minimum absolute atomic E-state index is 0.0262. The SMILES string of the molecule is N=C(N)N1CC=C(c2ccc(NC(=O)c3ccc(C(=O)Nc4ccc5c(c4)CN(C(=N)N)C5)cc3)cc2)CC1. The zero-order valence-electron chi connectivity index (χ0n) is 21.3. The quantitative estimate of drug-likeness (QED) is 0.222. The number of carbonyl (C=O) groups is 2. The molecule has 39 heavy (non-hydrogen) atoms. The van der Waals surface area contributed by atoms with Crippen molar-refractivity contribution in [2.24, 2.45) is 11.5 Å². The molecule has 2 heterocycles. The normalized spacial score (nSPS) is 14.3. The van der Waals surface area contributed by atoms with Crippen LogP contribution in [-0.4, -0.2) is 46.6 Å². The number of carbonyl (C=O) groups excluding carboxylic acids is 2. The molecule has 3 aromatic carbocycles. The highest BCUT2D eigenvalue weighted by atomic mass is 16.2. The number of guanidine groups is 2. The van der Waals surface area contributed by atoms with Crippen molar-refractivity contribution >= 4 is 40.7 Å². The maximum Gasteiger partial charge on any atom is 0.255 e. The fourth-order valence-corrected chi connectivity index (χ4v) is 4.74. The van der Waals surface area contributed by atoms with Crippen molar-refractivity contribution in [3.8, 4) is 0 Å². The molecule has 0 aromatic heterocycles. The van der Waals surface area contributed by atoms with Crippen molar-refractivity contribution < 1.29 is 9.59 Å². The van der Waals surface area contributed by atoms with Gasteiger partial charge >= 0.3 is 0 Å². The van der Waals surface area contributed by atoms with Crippen molar-refractivity contribution in [2.75, 3.05) is 23.7 Å². The summed E-state index contributed by atoms with van der Waals surface area (Å²) in [5.41, 5.74) is 17.7. The van der Waals surface area contributed by atoms with Gasteiger partial charge in [0, 0.05) is 48.7 Å². The van der Waals surface area contributed by atoms with E-state index in [2.05, 4.69) is 16.7 Å². The van der Waals surface area contributed by atoms with Crippen LogP contribution in [0.25, 0.3) is 5.57 Å². The number of benzene rings is 3. The standard InChI is InChI=1S/C29H30N8O2/c30-28(31)36-13-11-19(12-14-36)18-5-8-24(9-6-18)34-26(38)20-1-3-21(4-2-20)27(39)35-25-10-7-22-16-37(29(32)33)17-23(22)15-25/h1-11,15H,12-14,16-17H2,(H3,30,31)(H3,32,33)(H,34,38)(H,35,39). The Kier molecular flexibility index (Phi) is 7.00. The number of nitrogens with one attached hydrogen (secondary N) is 4. The maximum absolute atomic E-state index is 12.8. The fraction of sp³-hybridized carbons (Fsp3) is 0.172. The van der Waals surface area contributed by atoms with E-state index in [9.17, 15) is 9.59 Å². The zero-order valence-corrected chi connectivity index (χ0v) is 21.3. The Morgan fingerprint density at radius 3 is 1.85 bits per heavy atom. The number of rotatable bonds is 5. The molecule has 10 heteroatoms. The van der Waals surface area contributed by atoms with Gasteiger partial charge in [-0.1, -0.05) is 24.3 Å². The molecule has 2 aliphatic heterocycles. The van der Waals surface area contributed by atoms with Crippen LogP contribution in [0.2, 0.25) is 0 Å². The summed E-state index contributed by atoms with van der Waals surface area (Å²) in [5.74, 6) is -0.433. The van der Waals surface area contributed by atoms with Gasteiger partial charge in [-0.25, -0.2) is 0 Å². The van der Waals surface area contributed by atoms with Crippen molar-refractivity contribution in [3.63, 3.8) is 0 Å². The minimum atomic E-state index is -0.276. The Labute approximate surface area is 226 Å². The summed E-state index contributed by atoms with van der Waals surface area (Å²) >= 11 is 0.